The Morgan fingerprint density at radius 3 is 2.42 bits per heavy atom. The average Bonchev–Trinajstić information content (AvgIpc) is 2.08. The predicted octanol–water partition coefficient (Wildman–Crippen LogP) is 2.13. The summed E-state index contributed by atoms with van der Waals surface area (Å²) in [6.07, 6.45) is 1.10. The molecule has 0 fully saturated rings. The summed E-state index contributed by atoms with van der Waals surface area (Å²) >= 11 is 0. The van der Waals surface area contributed by atoms with Gasteiger partial charge in [0.15, 0.2) is 0 Å². The molecule has 0 aromatic carbocycles. The van der Waals surface area contributed by atoms with E-state index in [1.54, 1.807) is 0 Å². The zero-order chi connectivity index (χ0) is 9.56. The van der Waals surface area contributed by atoms with Crippen molar-refractivity contribution in [1.82, 2.24) is 0 Å². The Bertz CT molecular complexity index is 150. The van der Waals surface area contributed by atoms with E-state index in [4.69, 9.17) is 9.84 Å². The molecule has 12 heavy (non-hydrogen) atoms. The highest BCUT2D eigenvalue weighted by molar-refractivity contribution is 5.18. The van der Waals surface area contributed by atoms with Crippen LogP contribution in [0.1, 0.15) is 34.1 Å². The van der Waals surface area contributed by atoms with Crippen LogP contribution in [0.4, 0.5) is 0 Å². The molecule has 0 saturated heterocycles. The Hall–Kier alpha value is -0.340. The normalized spacial score (nSPS) is 23.2. The minimum Gasteiger partial charge on any atom is -0.392 e. The van der Waals surface area contributed by atoms with Crippen molar-refractivity contribution in [3.63, 3.8) is 0 Å². The second-order valence-corrected chi connectivity index (χ2v) is 2.73. The van der Waals surface area contributed by atoms with Gasteiger partial charge in [-0.3, -0.25) is 0 Å². The second-order valence-electron chi connectivity index (χ2n) is 2.73. The topological polar surface area (TPSA) is 29.5 Å². The molecular formula is C10H20O2. The molecule has 1 aliphatic rings. The minimum absolute atomic E-state index is 0.124. The van der Waals surface area contributed by atoms with Crippen LogP contribution in [0, 0.1) is 0 Å². The van der Waals surface area contributed by atoms with Gasteiger partial charge < -0.3 is 9.84 Å². The molecule has 0 radical (unpaired) electrons. The van der Waals surface area contributed by atoms with E-state index in [0.29, 0.717) is 0 Å². The summed E-state index contributed by atoms with van der Waals surface area (Å²) in [6.45, 7) is 8.99. The van der Waals surface area contributed by atoms with Crippen LogP contribution >= 0.6 is 0 Å². The van der Waals surface area contributed by atoms with Crippen LogP contribution in [0.2, 0.25) is 0 Å². The Morgan fingerprint density at radius 2 is 2.08 bits per heavy atom. The number of hydrogen-bond acceptors (Lipinski definition) is 2. The number of rotatable bonds is 1. The van der Waals surface area contributed by atoms with Crippen LogP contribution in [-0.2, 0) is 4.74 Å². The molecule has 1 atom stereocenters. The lowest BCUT2D eigenvalue weighted by atomic mass is 10.0. The van der Waals surface area contributed by atoms with Gasteiger partial charge >= 0.3 is 0 Å². The van der Waals surface area contributed by atoms with Gasteiger partial charge in [-0.25, -0.2) is 0 Å². The summed E-state index contributed by atoms with van der Waals surface area (Å²) < 4.78 is 5.33. The van der Waals surface area contributed by atoms with Gasteiger partial charge in [0.1, 0.15) is 0 Å². The van der Waals surface area contributed by atoms with Gasteiger partial charge in [0.2, 0.25) is 0 Å². The van der Waals surface area contributed by atoms with Gasteiger partial charge in [-0.2, -0.15) is 0 Å². The molecule has 0 spiro atoms. The highest BCUT2D eigenvalue weighted by Crippen LogP contribution is 2.19. The smallest absolute Gasteiger partial charge is 0.0781 e. The molecule has 0 amide bonds. The number of hydrogen-bond donors (Lipinski definition) is 1. The molecule has 1 N–H and O–H groups in total. The van der Waals surface area contributed by atoms with E-state index in [1.165, 1.54) is 5.57 Å². The monoisotopic (exact) mass is 172 g/mol. The second kappa shape index (κ2) is 6.21. The van der Waals surface area contributed by atoms with Gasteiger partial charge in [-0.15, -0.1) is 0 Å². The standard InChI is InChI=1S/C8H14O2.C2H6/c1-6-3-4-10-7(2)8(6)5-9;1-2/h7,9H,3-5H2,1-2H3;1-2H3. The SMILES string of the molecule is CC.CC1=C(CO)C(C)OCC1. The number of aliphatic hydroxyl groups excluding tert-OH is 1. The van der Waals surface area contributed by atoms with E-state index < -0.39 is 0 Å². The molecular weight excluding hydrogens is 152 g/mol. The van der Waals surface area contributed by atoms with Crippen LogP contribution in [0.15, 0.2) is 11.1 Å². The van der Waals surface area contributed by atoms with Gasteiger partial charge in [0, 0.05) is 0 Å². The molecule has 1 rings (SSSR count). The van der Waals surface area contributed by atoms with E-state index in [1.807, 2.05) is 20.8 Å². The minimum atomic E-state index is 0.124. The van der Waals surface area contributed by atoms with Crippen molar-refractivity contribution in [3.05, 3.63) is 11.1 Å². The van der Waals surface area contributed by atoms with E-state index in [0.717, 1.165) is 18.6 Å². The lowest BCUT2D eigenvalue weighted by molar-refractivity contribution is 0.0704. The summed E-state index contributed by atoms with van der Waals surface area (Å²) in [4.78, 5) is 0. The van der Waals surface area contributed by atoms with Crippen molar-refractivity contribution in [2.75, 3.05) is 13.2 Å². The predicted molar refractivity (Wildman–Crippen MR) is 51.2 cm³/mol. The average molecular weight is 172 g/mol. The molecule has 1 heterocycles. The molecule has 1 aliphatic heterocycles. The summed E-state index contributed by atoms with van der Waals surface area (Å²) in [6, 6.07) is 0. The summed E-state index contributed by atoms with van der Waals surface area (Å²) in [5.41, 5.74) is 2.35. The fourth-order valence-corrected chi connectivity index (χ4v) is 1.26. The molecule has 2 heteroatoms. The number of ether oxygens (including phenoxy) is 1. The fraction of sp³-hybridized carbons (Fsp3) is 0.800. The van der Waals surface area contributed by atoms with Crippen molar-refractivity contribution in [2.24, 2.45) is 0 Å². The maximum atomic E-state index is 8.89. The Morgan fingerprint density at radius 1 is 1.50 bits per heavy atom. The Balaban J connectivity index is 0.000000561. The lowest BCUT2D eigenvalue weighted by Crippen LogP contribution is -2.21. The Kier molecular flexibility index (Phi) is 6.03. The highest BCUT2D eigenvalue weighted by atomic mass is 16.5. The van der Waals surface area contributed by atoms with Crippen molar-refractivity contribution >= 4 is 0 Å². The van der Waals surface area contributed by atoms with Gasteiger partial charge in [0.25, 0.3) is 0 Å². The van der Waals surface area contributed by atoms with E-state index in [2.05, 4.69) is 6.92 Å². The third kappa shape index (κ3) is 2.95. The summed E-state index contributed by atoms with van der Waals surface area (Å²) in [7, 11) is 0. The molecule has 72 valence electrons. The van der Waals surface area contributed by atoms with Gasteiger partial charge in [-0.05, 0) is 25.8 Å². The summed E-state index contributed by atoms with van der Waals surface area (Å²) in [5, 5.41) is 8.89. The van der Waals surface area contributed by atoms with Crippen LogP contribution in [-0.4, -0.2) is 24.4 Å². The zero-order valence-electron chi connectivity index (χ0n) is 8.55. The molecule has 0 aromatic rings. The molecule has 0 aromatic heterocycles. The molecule has 0 aliphatic carbocycles. The first-order valence-corrected chi connectivity index (χ1v) is 4.66. The highest BCUT2D eigenvalue weighted by Gasteiger charge is 2.15. The van der Waals surface area contributed by atoms with Crippen LogP contribution in [0.3, 0.4) is 0 Å². The first-order chi connectivity index (χ1) is 5.75. The van der Waals surface area contributed by atoms with E-state index >= 15 is 0 Å². The van der Waals surface area contributed by atoms with Crippen molar-refractivity contribution < 1.29 is 9.84 Å². The van der Waals surface area contributed by atoms with Gasteiger partial charge in [-0.1, -0.05) is 19.4 Å². The van der Waals surface area contributed by atoms with Crippen molar-refractivity contribution in [1.29, 1.82) is 0 Å². The fourth-order valence-electron chi connectivity index (χ4n) is 1.26. The van der Waals surface area contributed by atoms with E-state index in [-0.39, 0.29) is 12.7 Å². The molecule has 2 nitrogen and oxygen atoms in total. The molecule has 0 saturated carbocycles. The largest absolute Gasteiger partial charge is 0.392 e. The van der Waals surface area contributed by atoms with Gasteiger partial charge in [0.05, 0.1) is 19.3 Å². The van der Waals surface area contributed by atoms with Crippen molar-refractivity contribution in [3.8, 4) is 0 Å². The number of aliphatic hydroxyl groups is 1. The molecule has 0 bridgehead atoms. The first kappa shape index (κ1) is 11.7. The molecule has 1 unspecified atom stereocenters. The first-order valence-electron chi connectivity index (χ1n) is 4.66. The van der Waals surface area contributed by atoms with Crippen LogP contribution in [0.5, 0.6) is 0 Å². The maximum Gasteiger partial charge on any atom is 0.0781 e. The zero-order valence-corrected chi connectivity index (χ0v) is 8.55. The summed E-state index contributed by atoms with van der Waals surface area (Å²) in [5.74, 6) is 0. The third-order valence-electron chi connectivity index (χ3n) is 2.05. The quantitative estimate of drug-likeness (QED) is 0.614. The van der Waals surface area contributed by atoms with Crippen molar-refractivity contribution in [2.45, 2.75) is 40.2 Å². The van der Waals surface area contributed by atoms with E-state index in [9.17, 15) is 0 Å². The van der Waals surface area contributed by atoms with Crippen LogP contribution < -0.4 is 0 Å². The van der Waals surface area contributed by atoms with Crippen LogP contribution in [0.25, 0.3) is 0 Å². The Labute approximate surface area is 75.2 Å². The third-order valence-corrected chi connectivity index (χ3v) is 2.05. The lowest BCUT2D eigenvalue weighted by Gasteiger charge is -2.23. The maximum absolute atomic E-state index is 8.89.